The zero-order valence-electron chi connectivity index (χ0n) is 8.16. The summed E-state index contributed by atoms with van der Waals surface area (Å²) in [6, 6.07) is 0. The highest BCUT2D eigenvalue weighted by molar-refractivity contribution is 7.78. The van der Waals surface area contributed by atoms with Crippen molar-refractivity contribution in [2.75, 3.05) is 6.61 Å². The standard InChI is InChI=1S/C8H18O3PSi/c1-2-3-4-5-6-7-8-11-12(9,10)13/h2-8H2,1H3,(H,9,10). The Kier molecular flexibility index (Phi) is 7.96. The molecule has 0 aromatic carbocycles. The van der Waals surface area contributed by atoms with Crippen LogP contribution in [0.5, 0.6) is 0 Å². The highest BCUT2D eigenvalue weighted by Crippen LogP contribution is 2.35. The van der Waals surface area contributed by atoms with E-state index in [-0.39, 0.29) is 0 Å². The minimum Gasteiger partial charge on any atom is -0.329 e. The summed E-state index contributed by atoms with van der Waals surface area (Å²) in [5.74, 6) is 0. The topological polar surface area (TPSA) is 46.5 Å². The minimum atomic E-state index is -3.42. The Bertz CT molecular complexity index is 157. The second-order valence-electron chi connectivity index (χ2n) is 3.12. The van der Waals surface area contributed by atoms with E-state index in [1.807, 2.05) is 0 Å². The van der Waals surface area contributed by atoms with E-state index < -0.39 is 7.14 Å². The van der Waals surface area contributed by atoms with E-state index in [1.54, 1.807) is 0 Å². The third kappa shape index (κ3) is 12.4. The van der Waals surface area contributed by atoms with E-state index in [0.717, 1.165) is 12.8 Å². The van der Waals surface area contributed by atoms with Gasteiger partial charge in [-0.05, 0) is 6.42 Å². The highest BCUT2D eigenvalue weighted by Gasteiger charge is 2.08. The van der Waals surface area contributed by atoms with Crippen LogP contribution in [0.3, 0.4) is 0 Å². The van der Waals surface area contributed by atoms with Crippen molar-refractivity contribution in [2.45, 2.75) is 45.4 Å². The lowest BCUT2D eigenvalue weighted by Crippen LogP contribution is -1.92. The van der Waals surface area contributed by atoms with Gasteiger partial charge >= 0.3 is 0 Å². The van der Waals surface area contributed by atoms with Crippen molar-refractivity contribution in [3.8, 4) is 0 Å². The Labute approximate surface area is 83.7 Å². The molecular formula is C8H18O3PSi. The molecule has 0 aliphatic heterocycles. The van der Waals surface area contributed by atoms with Crippen LogP contribution in [0.2, 0.25) is 0 Å². The SMILES string of the molecule is CCCCCCCCOP(=O)(O)[Si]. The van der Waals surface area contributed by atoms with Crippen molar-refractivity contribution < 1.29 is 14.0 Å². The first kappa shape index (κ1) is 13.4. The van der Waals surface area contributed by atoms with Gasteiger partial charge in [0.15, 0.2) is 0 Å². The van der Waals surface area contributed by atoms with E-state index in [0.29, 0.717) is 6.61 Å². The van der Waals surface area contributed by atoms with Gasteiger partial charge in [-0.15, -0.1) is 0 Å². The molecule has 3 radical (unpaired) electrons. The molecule has 0 bridgehead atoms. The van der Waals surface area contributed by atoms with Crippen LogP contribution in [0, 0.1) is 0 Å². The van der Waals surface area contributed by atoms with Gasteiger partial charge in [0.1, 0.15) is 0 Å². The molecule has 0 fully saturated rings. The van der Waals surface area contributed by atoms with Gasteiger partial charge in [-0.25, -0.2) is 0 Å². The molecule has 1 atom stereocenters. The Morgan fingerprint density at radius 2 is 1.77 bits per heavy atom. The molecule has 13 heavy (non-hydrogen) atoms. The fourth-order valence-corrected chi connectivity index (χ4v) is 1.72. The van der Waals surface area contributed by atoms with Gasteiger partial charge in [-0.1, -0.05) is 39.0 Å². The predicted octanol–water partition coefficient (Wildman–Crippen LogP) is 2.63. The summed E-state index contributed by atoms with van der Waals surface area (Å²) < 4.78 is 15.3. The summed E-state index contributed by atoms with van der Waals surface area (Å²) in [5.41, 5.74) is 0. The lowest BCUT2D eigenvalue weighted by atomic mass is 10.1. The van der Waals surface area contributed by atoms with Crippen LogP contribution >= 0.6 is 7.14 Å². The normalized spacial score (nSPS) is 15.6. The minimum absolute atomic E-state index is 0.364. The van der Waals surface area contributed by atoms with E-state index >= 15 is 0 Å². The summed E-state index contributed by atoms with van der Waals surface area (Å²) in [7, 11) is -0.811. The van der Waals surface area contributed by atoms with Crippen LogP contribution in [0.15, 0.2) is 0 Å². The lowest BCUT2D eigenvalue weighted by Gasteiger charge is -2.06. The molecule has 77 valence electrons. The molecule has 0 aliphatic carbocycles. The Balaban J connectivity index is 3.04. The van der Waals surface area contributed by atoms with Gasteiger partial charge in [0.2, 0.25) is 9.91 Å². The predicted molar refractivity (Wildman–Crippen MR) is 54.9 cm³/mol. The van der Waals surface area contributed by atoms with Gasteiger partial charge in [0.25, 0.3) is 7.14 Å². The van der Waals surface area contributed by atoms with E-state index in [1.165, 1.54) is 25.7 Å². The average molecular weight is 221 g/mol. The van der Waals surface area contributed by atoms with E-state index in [2.05, 4.69) is 21.4 Å². The molecule has 0 spiro atoms. The van der Waals surface area contributed by atoms with Crippen molar-refractivity contribution in [1.29, 1.82) is 0 Å². The summed E-state index contributed by atoms with van der Waals surface area (Å²) in [5, 5.41) is 0. The molecule has 0 aromatic rings. The second-order valence-corrected chi connectivity index (χ2v) is 6.12. The Morgan fingerprint density at radius 3 is 2.31 bits per heavy atom. The molecule has 0 heterocycles. The number of rotatable bonds is 8. The zero-order chi connectivity index (χ0) is 10.2. The average Bonchev–Trinajstić information content (AvgIpc) is 2.01. The molecule has 0 saturated heterocycles. The highest BCUT2D eigenvalue weighted by atomic mass is 31.4. The van der Waals surface area contributed by atoms with Crippen molar-refractivity contribution in [3.63, 3.8) is 0 Å². The molecular weight excluding hydrogens is 203 g/mol. The van der Waals surface area contributed by atoms with E-state index in [9.17, 15) is 4.57 Å². The van der Waals surface area contributed by atoms with Crippen molar-refractivity contribution in [2.24, 2.45) is 0 Å². The van der Waals surface area contributed by atoms with Crippen molar-refractivity contribution in [3.05, 3.63) is 0 Å². The summed E-state index contributed by atoms with van der Waals surface area (Å²) in [6.45, 7) is 2.54. The molecule has 0 amide bonds. The summed E-state index contributed by atoms with van der Waals surface area (Å²) >= 11 is 0. The fraction of sp³-hybridized carbons (Fsp3) is 1.00. The molecule has 0 rings (SSSR count). The van der Waals surface area contributed by atoms with Gasteiger partial charge in [-0.3, -0.25) is 4.57 Å². The van der Waals surface area contributed by atoms with Crippen molar-refractivity contribution >= 4 is 17.1 Å². The number of hydrogen-bond donors (Lipinski definition) is 1. The second kappa shape index (κ2) is 7.74. The monoisotopic (exact) mass is 221 g/mol. The number of unbranched alkanes of at least 4 members (excludes halogenated alkanes) is 5. The zero-order valence-corrected chi connectivity index (χ0v) is 10.1. The molecule has 5 heteroatoms. The van der Waals surface area contributed by atoms with E-state index in [4.69, 9.17) is 4.89 Å². The van der Waals surface area contributed by atoms with Gasteiger partial charge in [-0.2, -0.15) is 0 Å². The third-order valence-electron chi connectivity index (χ3n) is 1.76. The van der Waals surface area contributed by atoms with Crippen LogP contribution in [-0.2, 0) is 9.09 Å². The Morgan fingerprint density at radius 1 is 1.23 bits per heavy atom. The Hall–Kier alpha value is 0.367. The van der Waals surface area contributed by atoms with Crippen LogP contribution in [0.4, 0.5) is 0 Å². The summed E-state index contributed by atoms with van der Waals surface area (Å²) in [4.78, 5) is 8.71. The maximum absolute atomic E-state index is 10.6. The molecule has 3 nitrogen and oxygen atoms in total. The van der Waals surface area contributed by atoms with Gasteiger partial charge in [0, 0.05) is 0 Å². The maximum Gasteiger partial charge on any atom is 0.288 e. The molecule has 1 N–H and O–H groups in total. The van der Waals surface area contributed by atoms with Crippen molar-refractivity contribution in [1.82, 2.24) is 0 Å². The fourth-order valence-electron chi connectivity index (χ4n) is 1.07. The lowest BCUT2D eigenvalue weighted by molar-refractivity contribution is 0.266. The molecule has 0 aromatic heterocycles. The largest absolute Gasteiger partial charge is 0.329 e. The smallest absolute Gasteiger partial charge is 0.288 e. The van der Waals surface area contributed by atoms with Gasteiger partial charge < -0.3 is 9.42 Å². The molecule has 0 aliphatic rings. The van der Waals surface area contributed by atoms with Crippen LogP contribution in [0.1, 0.15) is 45.4 Å². The molecule has 1 unspecified atom stereocenters. The van der Waals surface area contributed by atoms with Crippen LogP contribution < -0.4 is 0 Å². The van der Waals surface area contributed by atoms with Crippen LogP contribution in [0.25, 0.3) is 0 Å². The summed E-state index contributed by atoms with van der Waals surface area (Å²) in [6.07, 6.45) is 6.89. The van der Waals surface area contributed by atoms with Gasteiger partial charge in [0.05, 0.1) is 6.61 Å². The first-order valence-corrected chi connectivity index (χ1v) is 7.70. The first-order valence-electron chi connectivity index (χ1n) is 4.78. The van der Waals surface area contributed by atoms with Crippen LogP contribution in [-0.4, -0.2) is 21.4 Å². The molecule has 0 saturated carbocycles. The third-order valence-corrected chi connectivity index (χ3v) is 2.68. The number of hydrogen-bond acceptors (Lipinski definition) is 2. The maximum atomic E-state index is 10.6. The first-order chi connectivity index (χ1) is 6.06. The quantitative estimate of drug-likeness (QED) is 0.389.